The standard InChI is InChI=1S/C26H24BrClN6OS/c1-17-13-21(28)11-12-23(17)29-16-24-31-33-26(34(24)22-9-4-3-5-10-22)36-18(2)25(35)32-30-15-19-7-6-8-20(27)14-19/h3-15,18,29H,16H2,1-2H3,(H,32,35)/b30-15-/t18-/m0/s1. The summed E-state index contributed by atoms with van der Waals surface area (Å²) in [5.41, 5.74) is 6.40. The van der Waals surface area contributed by atoms with Gasteiger partial charge < -0.3 is 5.32 Å². The summed E-state index contributed by atoms with van der Waals surface area (Å²) < 4.78 is 2.90. The van der Waals surface area contributed by atoms with Gasteiger partial charge in [-0.3, -0.25) is 9.36 Å². The van der Waals surface area contributed by atoms with Crippen LogP contribution in [0.25, 0.3) is 5.69 Å². The van der Waals surface area contributed by atoms with Crippen molar-refractivity contribution in [2.75, 3.05) is 5.32 Å². The van der Waals surface area contributed by atoms with Crippen LogP contribution in [0.3, 0.4) is 0 Å². The van der Waals surface area contributed by atoms with E-state index in [1.165, 1.54) is 11.8 Å². The van der Waals surface area contributed by atoms with Crippen LogP contribution >= 0.6 is 39.3 Å². The van der Waals surface area contributed by atoms with Crippen molar-refractivity contribution in [3.63, 3.8) is 0 Å². The molecule has 0 saturated heterocycles. The van der Waals surface area contributed by atoms with Gasteiger partial charge in [0, 0.05) is 20.9 Å². The first-order valence-corrected chi connectivity index (χ1v) is 13.2. The summed E-state index contributed by atoms with van der Waals surface area (Å²) >= 11 is 10.8. The highest BCUT2D eigenvalue weighted by atomic mass is 79.9. The molecule has 0 bridgehead atoms. The maximum Gasteiger partial charge on any atom is 0.253 e. The van der Waals surface area contributed by atoms with E-state index in [1.807, 2.05) is 91.2 Å². The van der Waals surface area contributed by atoms with Gasteiger partial charge in [-0.05, 0) is 67.4 Å². The Hall–Kier alpha value is -3.14. The second kappa shape index (κ2) is 12.2. The van der Waals surface area contributed by atoms with Gasteiger partial charge in [0.25, 0.3) is 5.91 Å². The van der Waals surface area contributed by atoms with Crippen LogP contribution in [0.15, 0.2) is 87.5 Å². The minimum absolute atomic E-state index is 0.231. The van der Waals surface area contributed by atoms with Gasteiger partial charge in [-0.1, -0.05) is 69.6 Å². The van der Waals surface area contributed by atoms with Gasteiger partial charge in [-0.25, -0.2) is 5.43 Å². The van der Waals surface area contributed by atoms with Gasteiger partial charge in [0.2, 0.25) is 0 Å². The molecule has 0 unspecified atom stereocenters. The molecule has 1 aromatic heterocycles. The zero-order valence-corrected chi connectivity index (χ0v) is 22.8. The molecular formula is C26H24BrClN6OS. The highest BCUT2D eigenvalue weighted by Gasteiger charge is 2.21. The van der Waals surface area contributed by atoms with Crippen LogP contribution in [0.1, 0.15) is 23.9 Å². The van der Waals surface area contributed by atoms with Gasteiger partial charge in [0.1, 0.15) is 0 Å². The Morgan fingerprint density at radius 1 is 1.14 bits per heavy atom. The predicted octanol–water partition coefficient (Wildman–Crippen LogP) is 6.23. The summed E-state index contributed by atoms with van der Waals surface area (Å²) in [6, 6.07) is 23.2. The number of para-hydroxylation sites is 1. The molecule has 3 aromatic carbocycles. The smallest absolute Gasteiger partial charge is 0.253 e. The molecule has 2 N–H and O–H groups in total. The fraction of sp³-hybridized carbons (Fsp3) is 0.154. The Balaban J connectivity index is 1.48. The Kier molecular flexibility index (Phi) is 8.79. The van der Waals surface area contributed by atoms with E-state index in [0.29, 0.717) is 16.7 Å². The molecule has 0 aliphatic rings. The first-order chi connectivity index (χ1) is 17.4. The fourth-order valence-electron chi connectivity index (χ4n) is 3.39. The monoisotopic (exact) mass is 582 g/mol. The number of hydrogen-bond acceptors (Lipinski definition) is 6. The van der Waals surface area contributed by atoms with E-state index in [-0.39, 0.29) is 5.91 Å². The zero-order valence-electron chi connectivity index (χ0n) is 19.7. The number of benzene rings is 3. The molecule has 0 saturated carbocycles. The maximum absolute atomic E-state index is 12.7. The predicted molar refractivity (Wildman–Crippen MR) is 150 cm³/mol. The van der Waals surface area contributed by atoms with E-state index in [2.05, 4.69) is 42.0 Å². The molecule has 1 atom stereocenters. The van der Waals surface area contributed by atoms with Crippen molar-refractivity contribution in [3.8, 4) is 5.69 Å². The van der Waals surface area contributed by atoms with E-state index >= 15 is 0 Å². The molecule has 184 valence electrons. The second-order valence-electron chi connectivity index (χ2n) is 7.93. The fourth-order valence-corrected chi connectivity index (χ4v) is 4.91. The highest BCUT2D eigenvalue weighted by Crippen LogP contribution is 2.27. The number of thioether (sulfide) groups is 1. The number of carbonyl (C=O) groups is 1. The SMILES string of the molecule is Cc1cc(Cl)ccc1NCc1nnc(S[C@@H](C)C(=O)N/N=C\c2cccc(Br)c2)n1-c1ccccc1. The van der Waals surface area contributed by atoms with Gasteiger partial charge in [0.15, 0.2) is 11.0 Å². The lowest BCUT2D eigenvalue weighted by Gasteiger charge is -2.14. The molecule has 4 rings (SSSR count). The Labute approximate surface area is 227 Å². The third-order valence-corrected chi connectivity index (χ3v) is 7.00. The van der Waals surface area contributed by atoms with Crippen molar-refractivity contribution in [2.45, 2.75) is 30.8 Å². The molecular weight excluding hydrogens is 560 g/mol. The lowest BCUT2D eigenvalue weighted by Crippen LogP contribution is -2.27. The van der Waals surface area contributed by atoms with Crippen LogP contribution in [0, 0.1) is 6.92 Å². The second-order valence-corrected chi connectivity index (χ2v) is 10.6. The van der Waals surface area contributed by atoms with Crippen LogP contribution in [-0.4, -0.2) is 32.1 Å². The quantitative estimate of drug-likeness (QED) is 0.139. The summed E-state index contributed by atoms with van der Waals surface area (Å²) in [4.78, 5) is 12.7. The van der Waals surface area contributed by atoms with Crippen molar-refractivity contribution < 1.29 is 4.79 Å². The number of aromatic nitrogens is 3. The molecule has 0 fully saturated rings. The molecule has 4 aromatic rings. The molecule has 0 aliphatic carbocycles. The molecule has 1 amide bonds. The number of nitrogens with zero attached hydrogens (tertiary/aromatic N) is 4. The van der Waals surface area contributed by atoms with Crippen molar-refractivity contribution in [3.05, 3.63) is 99.2 Å². The number of anilines is 1. The molecule has 0 spiro atoms. The summed E-state index contributed by atoms with van der Waals surface area (Å²) in [7, 11) is 0. The number of carbonyl (C=O) groups excluding carboxylic acids is 1. The largest absolute Gasteiger partial charge is 0.378 e. The van der Waals surface area contributed by atoms with Crippen LogP contribution in [-0.2, 0) is 11.3 Å². The number of hydrogen-bond donors (Lipinski definition) is 2. The number of rotatable bonds is 9. The first kappa shape index (κ1) is 25.9. The summed E-state index contributed by atoms with van der Waals surface area (Å²) in [5, 5.41) is 17.2. The molecule has 0 radical (unpaired) electrons. The summed E-state index contributed by atoms with van der Waals surface area (Å²) in [6.07, 6.45) is 1.61. The average Bonchev–Trinajstić information content (AvgIpc) is 3.26. The number of nitrogens with one attached hydrogen (secondary N) is 2. The number of aryl methyl sites for hydroxylation is 1. The average molecular weight is 584 g/mol. The minimum atomic E-state index is -0.448. The van der Waals surface area contributed by atoms with E-state index in [4.69, 9.17) is 11.6 Å². The van der Waals surface area contributed by atoms with Crippen LogP contribution in [0.4, 0.5) is 5.69 Å². The van der Waals surface area contributed by atoms with Gasteiger partial charge >= 0.3 is 0 Å². The van der Waals surface area contributed by atoms with Crippen molar-refractivity contribution >= 4 is 57.1 Å². The maximum atomic E-state index is 12.7. The Morgan fingerprint density at radius 3 is 2.69 bits per heavy atom. The Bertz CT molecular complexity index is 1380. The van der Waals surface area contributed by atoms with E-state index in [1.54, 1.807) is 6.21 Å². The van der Waals surface area contributed by atoms with E-state index in [0.717, 1.165) is 32.8 Å². The van der Waals surface area contributed by atoms with Gasteiger partial charge in [-0.2, -0.15) is 5.10 Å². The number of hydrazone groups is 1. The lowest BCUT2D eigenvalue weighted by atomic mass is 10.2. The highest BCUT2D eigenvalue weighted by molar-refractivity contribution is 9.10. The number of amides is 1. The number of halogens is 2. The van der Waals surface area contributed by atoms with Crippen molar-refractivity contribution in [1.29, 1.82) is 0 Å². The van der Waals surface area contributed by atoms with E-state index < -0.39 is 5.25 Å². The summed E-state index contributed by atoms with van der Waals surface area (Å²) in [5.74, 6) is 0.489. The molecule has 7 nitrogen and oxygen atoms in total. The molecule has 0 aliphatic heterocycles. The minimum Gasteiger partial charge on any atom is -0.378 e. The Morgan fingerprint density at radius 2 is 1.94 bits per heavy atom. The van der Waals surface area contributed by atoms with Crippen molar-refractivity contribution in [2.24, 2.45) is 5.10 Å². The normalized spacial score (nSPS) is 12.0. The van der Waals surface area contributed by atoms with Gasteiger partial charge in [0.05, 0.1) is 18.0 Å². The van der Waals surface area contributed by atoms with Crippen LogP contribution in [0.2, 0.25) is 5.02 Å². The van der Waals surface area contributed by atoms with E-state index in [9.17, 15) is 4.79 Å². The van der Waals surface area contributed by atoms with Crippen molar-refractivity contribution in [1.82, 2.24) is 20.2 Å². The van der Waals surface area contributed by atoms with Crippen LogP contribution < -0.4 is 10.7 Å². The summed E-state index contributed by atoms with van der Waals surface area (Å²) in [6.45, 7) is 4.26. The van der Waals surface area contributed by atoms with Crippen LogP contribution in [0.5, 0.6) is 0 Å². The topological polar surface area (TPSA) is 84.2 Å². The molecule has 1 heterocycles. The lowest BCUT2D eigenvalue weighted by molar-refractivity contribution is -0.120. The van der Waals surface area contributed by atoms with Gasteiger partial charge in [-0.15, -0.1) is 10.2 Å². The molecule has 10 heteroatoms. The molecule has 36 heavy (non-hydrogen) atoms. The third kappa shape index (κ3) is 6.75. The zero-order chi connectivity index (χ0) is 25.5. The third-order valence-electron chi connectivity index (χ3n) is 5.23. The first-order valence-electron chi connectivity index (χ1n) is 11.2.